The molecule has 1 saturated carbocycles. The molecule has 4 rings (SSSR count). The van der Waals surface area contributed by atoms with Gasteiger partial charge in [-0.25, -0.2) is 9.78 Å². The fourth-order valence-corrected chi connectivity index (χ4v) is 3.79. The second-order valence-corrected chi connectivity index (χ2v) is 9.54. The topological polar surface area (TPSA) is 97.0 Å². The Labute approximate surface area is 210 Å². The van der Waals surface area contributed by atoms with Gasteiger partial charge in [-0.3, -0.25) is 9.78 Å². The SMILES string of the molecule is CC(C)COc1ccc(-c2nc(-c3cc(CNC(=O)C4(C(F)(F)F)CC4)ccc3Cl)[nH]c(=O)n2)cc1. The van der Waals surface area contributed by atoms with Crippen LogP contribution in [0.25, 0.3) is 22.8 Å². The van der Waals surface area contributed by atoms with E-state index in [-0.39, 0.29) is 36.1 Å². The van der Waals surface area contributed by atoms with Crippen LogP contribution in [0, 0.1) is 11.3 Å². The number of carbonyl (C=O) groups excluding carboxylic acids is 1. The van der Waals surface area contributed by atoms with Crippen LogP contribution in [0.1, 0.15) is 32.3 Å². The molecule has 0 atom stereocenters. The van der Waals surface area contributed by atoms with Crippen molar-refractivity contribution in [1.29, 1.82) is 0 Å². The summed E-state index contributed by atoms with van der Waals surface area (Å²) in [7, 11) is 0. The highest BCUT2D eigenvalue weighted by atomic mass is 35.5. The van der Waals surface area contributed by atoms with Crippen LogP contribution < -0.4 is 15.7 Å². The predicted octanol–water partition coefficient (Wildman–Crippen LogP) is 5.15. The first-order valence-electron chi connectivity index (χ1n) is 11.3. The molecule has 3 aromatic rings. The molecule has 0 aliphatic heterocycles. The van der Waals surface area contributed by atoms with E-state index in [9.17, 15) is 22.8 Å². The van der Waals surface area contributed by atoms with Crippen molar-refractivity contribution in [2.75, 3.05) is 6.61 Å². The van der Waals surface area contributed by atoms with Gasteiger partial charge in [0.15, 0.2) is 5.82 Å². The maximum atomic E-state index is 13.2. The van der Waals surface area contributed by atoms with Crippen LogP contribution in [0.15, 0.2) is 47.3 Å². The number of hydrogen-bond acceptors (Lipinski definition) is 5. The van der Waals surface area contributed by atoms with Crippen molar-refractivity contribution in [2.45, 2.75) is 39.4 Å². The number of rotatable bonds is 8. The average molecular weight is 521 g/mol. The van der Waals surface area contributed by atoms with Crippen molar-refractivity contribution < 1.29 is 22.7 Å². The first-order valence-corrected chi connectivity index (χ1v) is 11.7. The van der Waals surface area contributed by atoms with Crippen LogP contribution >= 0.6 is 11.6 Å². The second kappa shape index (κ2) is 9.93. The van der Waals surface area contributed by atoms with Crippen molar-refractivity contribution in [3.8, 4) is 28.5 Å². The zero-order chi connectivity index (χ0) is 26.1. The third kappa shape index (κ3) is 5.53. The molecule has 0 saturated heterocycles. The number of halogens is 4. The molecule has 1 aliphatic carbocycles. The van der Waals surface area contributed by atoms with Crippen LogP contribution in [0.2, 0.25) is 5.02 Å². The van der Waals surface area contributed by atoms with E-state index in [0.29, 0.717) is 35.0 Å². The number of alkyl halides is 3. The molecule has 0 radical (unpaired) electrons. The van der Waals surface area contributed by atoms with Gasteiger partial charge in [-0.2, -0.15) is 18.2 Å². The number of aromatic amines is 1. The number of ether oxygens (including phenoxy) is 1. The monoisotopic (exact) mass is 520 g/mol. The lowest BCUT2D eigenvalue weighted by molar-refractivity contribution is -0.192. The van der Waals surface area contributed by atoms with E-state index < -0.39 is 23.2 Å². The van der Waals surface area contributed by atoms with Gasteiger partial charge in [-0.15, -0.1) is 0 Å². The summed E-state index contributed by atoms with van der Waals surface area (Å²) < 4.78 is 45.2. The van der Waals surface area contributed by atoms with Gasteiger partial charge < -0.3 is 10.1 Å². The normalized spacial score (nSPS) is 14.5. The van der Waals surface area contributed by atoms with Crippen LogP contribution in [0.5, 0.6) is 5.75 Å². The molecule has 2 N–H and O–H groups in total. The van der Waals surface area contributed by atoms with Crippen molar-refractivity contribution in [1.82, 2.24) is 20.3 Å². The Morgan fingerprint density at radius 3 is 2.47 bits per heavy atom. The van der Waals surface area contributed by atoms with Crippen LogP contribution in [-0.4, -0.2) is 33.6 Å². The maximum absolute atomic E-state index is 13.2. The summed E-state index contributed by atoms with van der Waals surface area (Å²) in [6, 6.07) is 11.6. The molecule has 0 spiro atoms. The average Bonchev–Trinajstić information content (AvgIpc) is 3.64. The van der Waals surface area contributed by atoms with E-state index in [1.54, 1.807) is 36.4 Å². The lowest BCUT2D eigenvalue weighted by atomic mass is 10.1. The van der Waals surface area contributed by atoms with Crippen LogP contribution in [0.4, 0.5) is 13.2 Å². The zero-order valence-corrected chi connectivity index (χ0v) is 20.3. The minimum absolute atomic E-state index is 0.136. The minimum atomic E-state index is -4.59. The highest BCUT2D eigenvalue weighted by Gasteiger charge is 2.68. The molecule has 36 heavy (non-hydrogen) atoms. The van der Waals surface area contributed by atoms with Crippen LogP contribution in [0.3, 0.4) is 0 Å². The second-order valence-electron chi connectivity index (χ2n) is 9.13. The lowest BCUT2D eigenvalue weighted by Crippen LogP contribution is -2.40. The number of aromatic nitrogens is 3. The lowest BCUT2D eigenvalue weighted by Gasteiger charge is -2.18. The summed E-state index contributed by atoms with van der Waals surface area (Å²) >= 11 is 6.33. The fourth-order valence-electron chi connectivity index (χ4n) is 3.58. The number of nitrogens with one attached hydrogen (secondary N) is 2. The standard InChI is InChI=1S/C25H24ClF3N4O3/c1-14(2)13-36-17-6-4-16(5-7-17)20-31-21(33-23(35)32-20)18-11-15(3-8-19(18)26)12-30-22(34)24(9-10-24)25(27,28)29/h3-8,11,14H,9-10,12-13H2,1-2H3,(H,30,34)(H,31,32,33,35). The summed E-state index contributed by atoms with van der Waals surface area (Å²) in [6.45, 7) is 4.51. The van der Waals surface area contributed by atoms with Gasteiger partial charge in [0.2, 0.25) is 5.91 Å². The molecular formula is C25H24ClF3N4O3. The number of carbonyl (C=O) groups is 1. The molecular weight excluding hydrogens is 497 g/mol. The van der Waals surface area contributed by atoms with Gasteiger partial charge in [-0.1, -0.05) is 31.5 Å². The molecule has 0 unspecified atom stereocenters. The largest absolute Gasteiger partial charge is 0.493 e. The Kier molecular flexibility index (Phi) is 7.08. The zero-order valence-electron chi connectivity index (χ0n) is 19.6. The van der Waals surface area contributed by atoms with Gasteiger partial charge in [0, 0.05) is 17.7 Å². The summed E-state index contributed by atoms with van der Waals surface area (Å²) in [6.07, 6.45) is -5.02. The molecule has 1 aliphatic rings. The molecule has 190 valence electrons. The van der Waals surface area contributed by atoms with E-state index in [4.69, 9.17) is 16.3 Å². The van der Waals surface area contributed by atoms with E-state index in [0.717, 1.165) is 0 Å². The Morgan fingerprint density at radius 2 is 1.86 bits per heavy atom. The highest BCUT2D eigenvalue weighted by molar-refractivity contribution is 6.33. The van der Waals surface area contributed by atoms with Gasteiger partial charge in [0.05, 0.1) is 11.6 Å². The van der Waals surface area contributed by atoms with Crippen LogP contribution in [-0.2, 0) is 11.3 Å². The van der Waals surface area contributed by atoms with Crippen molar-refractivity contribution in [2.24, 2.45) is 11.3 Å². The number of benzene rings is 2. The Hall–Kier alpha value is -3.40. The number of nitrogens with zero attached hydrogens (tertiary/aromatic N) is 2. The van der Waals surface area contributed by atoms with E-state index in [1.165, 1.54) is 6.07 Å². The van der Waals surface area contributed by atoms with Crippen molar-refractivity contribution >= 4 is 17.5 Å². The van der Waals surface area contributed by atoms with E-state index in [1.807, 2.05) is 13.8 Å². The summed E-state index contributed by atoms with van der Waals surface area (Å²) in [5.41, 5.74) is -1.53. The number of H-pyrrole nitrogens is 1. The Bertz CT molecular complexity index is 1320. The Morgan fingerprint density at radius 1 is 1.17 bits per heavy atom. The first kappa shape index (κ1) is 25.7. The number of amides is 1. The molecule has 1 fully saturated rings. The quantitative estimate of drug-likeness (QED) is 0.428. The van der Waals surface area contributed by atoms with Gasteiger partial charge >= 0.3 is 11.9 Å². The molecule has 1 aromatic heterocycles. The highest BCUT2D eigenvalue weighted by Crippen LogP contribution is 2.57. The summed E-state index contributed by atoms with van der Waals surface area (Å²) in [5, 5.41) is 2.62. The first-order chi connectivity index (χ1) is 17.0. The molecule has 1 heterocycles. The summed E-state index contributed by atoms with van der Waals surface area (Å²) in [5.74, 6) is 0.299. The molecule has 2 aromatic carbocycles. The number of hydrogen-bond donors (Lipinski definition) is 2. The third-order valence-corrected chi connectivity index (χ3v) is 6.14. The molecule has 11 heteroatoms. The molecule has 7 nitrogen and oxygen atoms in total. The van der Waals surface area contributed by atoms with Crippen molar-refractivity contribution in [3.05, 3.63) is 63.5 Å². The third-order valence-electron chi connectivity index (χ3n) is 5.81. The van der Waals surface area contributed by atoms with Gasteiger partial charge in [-0.05, 0) is 60.7 Å². The maximum Gasteiger partial charge on any atom is 0.403 e. The summed E-state index contributed by atoms with van der Waals surface area (Å²) in [4.78, 5) is 35.4. The molecule has 1 amide bonds. The fraction of sp³-hybridized carbons (Fsp3) is 0.360. The van der Waals surface area contributed by atoms with Gasteiger partial charge in [0.1, 0.15) is 17.0 Å². The smallest absolute Gasteiger partial charge is 0.403 e. The predicted molar refractivity (Wildman–Crippen MR) is 128 cm³/mol. The van der Waals surface area contributed by atoms with E-state index in [2.05, 4.69) is 20.3 Å². The Balaban J connectivity index is 1.55. The molecule has 0 bridgehead atoms. The minimum Gasteiger partial charge on any atom is -0.493 e. The van der Waals surface area contributed by atoms with E-state index >= 15 is 0 Å². The van der Waals surface area contributed by atoms with Gasteiger partial charge in [0.25, 0.3) is 0 Å². The van der Waals surface area contributed by atoms with Crippen molar-refractivity contribution in [3.63, 3.8) is 0 Å².